The molecule has 0 unspecified atom stereocenters. The van der Waals surface area contributed by atoms with Gasteiger partial charge in [-0.2, -0.15) is 0 Å². The van der Waals surface area contributed by atoms with Crippen LogP contribution in [0.1, 0.15) is 130 Å². The van der Waals surface area contributed by atoms with E-state index in [9.17, 15) is 0 Å². The molecule has 0 radical (unpaired) electrons. The molecule has 4 nitrogen and oxygen atoms in total. The maximum atomic E-state index is 7.13. The molecule has 20 rings (SSSR count). The second kappa shape index (κ2) is 17.1. The molecule has 3 heterocycles. The minimum atomic E-state index is -0.400. The van der Waals surface area contributed by atoms with Crippen LogP contribution in [-0.2, 0) is 27.1 Å². The monoisotopic (exact) mass is 1190 g/mol. The number of para-hydroxylation sites is 3. The summed E-state index contributed by atoms with van der Waals surface area (Å²) in [5.74, 6) is 0. The molecule has 0 atom stereocenters. The molecule has 442 valence electrons. The summed E-state index contributed by atoms with van der Waals surface area (Å²) in [7, 11) is 0. The van der Waals surface area contributed by atoms with Crippen LogP contribution in [0.5, 0.6) is 0 Å². The van der Waals surface area contributed by atoms with Crippen molar-refractivity contribution in [2.24, 2.45) is 0 Å². The highest BCUT2D eigenvalue weighted by molar-refractivity contribution is 6.23. The largest absolute Gasteiger partial charge is 0.455 e. The lowest BCUT2D eigenvalue weighted by Crippen LogP contribution is -2.24. The molecule has 4 heteroatoms. The van der Waals surface area contributed by atoms with Gasteiger partial charge in [-0.1, -0.05) is 220 Å². The predicted molar refractivity (Wildman–Crippen MR) is 381 cm³/mol. The van der Waals surface area contributed by atoms with E-state index in [1.54, 1.807) is 0 Å². The molecule has 15 aromatic rings. The van der Waals surface area contributed by atoms with Crippen LogP contribution in [0.3, 0.4) is 0 Å². The van der Waals surface area contributed by atoms with E-state index in [-0.39, 0.29) is 16.2 Å². The summed E-state index contributed by atoms with van der Waals surface area (Å²) in [6.45, 7) is 26.6. The molecule has 12 aromatic carbocycles. The fraction of sp³-hybridized carbons (Fsp3) is 0.182. The minimum absolute atomic E-state index is 0.275. The van der Waals surface area contributed by atoms with Gasteiger partial charge < -0.3 is 18.2 Å². The first-order valence-electron chi connectivity index (χ1n) is 32.9. The van der Waals surface area contributed by atoms with Crippen molar-refractivity contribution in [1.29, 1.82) is 0 Å². The van der Waals surface area contributed by atoms with Crippen molar-refractivity contribution in [1.82, 2.24) is 0 Å². The van der Waals surface area contributed by atoms with Crippen molar-refractivity contribution in [2.45, 2.75) is 103 Å². The molecule has 0 spiro atoms. The molecule has 0 N–H and O–H groups in total. The summed E-state index contributed by atoms with van der Waals surface area (Å²) in [5.41, 5.74) is 37.0. The summed E-state index contributed by atoms with van der Waals surface area (Å²) in [6, 6.07) is 77.6. The van der Waals surface area contributed by atoms with Crippen molar-refractivity contribution in [3.63, 3.8) is 0 Å². The maximum absolute atomic E-state index is 7.13. The van der Waals surface area contributed by atoms with Gasteiger partial charge in [-0.3, -0.25) is 0 Å². The number of rotatable bonds is 4. The molecule has 5 aliphatic rings. The quantitative estimate of drug-likeness (QED) is 0.176. The Morgan fingerprint density at radius 3 is 1.08 bits per heavy atom. The van der Waals surface area contributed by atoms with Crippen LogP contribution >= 0.6 is 0 Å². The Kier molecular flexibility index (Phi) is 9.75. The van der Waals surface area contributed by atoms with Gasteiger partial charge in [0.1, 0.15) is 33.5 Å². The number of fused-ring (bicyclic) bond motifs is 31. The highest BCUT2D eigenvalue weighted by atomic mass is 16.3. The topological polar surface area (TPSA) is 42.7 Å². The molecule has 5 aliphatic carbocycles. The number of anilines is 3. The fourth-order valence-electron chi connectivity index (χ4n) is 18.9. The van der Waals surface area contributed by atoms with Gasteiger partial charge in [-0.05, 0) is 173 Å². The third kappa shape index (κ3) is 6.25. The average Bonchev–Trinajstić information content (AvgIpc) is 1.51. The third-order valence-corrected chi connectivity index (χ3v) is 23.2. The van der Waals surface area contributed by atoms with Crippen molar-refractivity contribution in [2.75, 3.05) is 4.90 Å². The van der Waals surface area contributed by atoms with E-state index in [0.29, 0.717) is 0 Å². The highest BCUT2D eigenvalue weighted by Crippen LogP contribution is 2.67. The van der Waals surface area contributed by atoms with Gasteiger partial charge in [0.15, 0.2) is 0 Å². The number of hydrogen-bond donors (Lipinski definition) is 0. The number of nitrogens with zero attached hydrogens (tertiary/aromatic N) is 1. The van der Waals surface area contributed by atoms with E-state index in [4.69, 9.17) is 13.3 Å². The summed E-state index contributed by atoms with van der Waals surface area (Å²) >= 11 is 0. The lowest BCUT2D eigenvalue weighted by molar-refractivity contribution is 0.600. The Morgan fingerprint density at radius 2 is 0.620 bits per heavy atom. The van der Waals surface area contributed by atoms with Crippen LogP contribution in [0.2, 0.25) is 0 Å². The molecule has 0 fully saturated rings. The Labute approximate surface area is 535 Å². The summed E-state index contributed by atoms with van der Waals surface area (Å²) in [5, 5.41) is 7.06. The third-order valence-electron chi connectivity index (χ3n) is 23.2. The van der Waals surface area contributed by atoms with Crippen molar-refractivity contribution < 1.29 is 13.3 Å². The van der Waals surface area contributed by atoms with Crippen LogP contribution in [0.15, 0.2) is 220 Å². The molecule has 92 heavy (non-hydrogen) atoms. The van der Waals surface area contributed by atoms with Crippen LogP contribution < -0.4 is 4.90 Å². The molecule has 0 saturated heterocycles. The van der Waals surface area contributed by atoms with Gasteiger partial charge in [0.25, 0.3) is 0 Å². The van der Waals surface area contributed by atoms with E-state index in [1.165, 1.54) is 133 Å². The summed E-state index contributed by atoms with van der Waals surface area (Å²) < 4.78 is 21.2. The molecule has 0 aliphatic heterocycles. The molecule has 3 aromatic heterocycles. The zero-order valence-corrected chi connectivity index (χ0v) is 53.8. The van der Waals surface area contributed by atoms with Gasteiger partial charge in [0.2, 0.25) is 0 Å². The Bertz CT molecular complexity index is 5670. The van der Waals surface area contributed by atoms with E-state index in [1.807, 2.05) is 0 Å². The Hall–Kier alpha value is -10.2. The fourth-order valence-corrected chi connectivity index (χ4v) is 18.9. The van der Waals surface area contributed by atoms with E-state index < -0.39 is 10.8 Å². The molecule has 0 bridgehead atoms. The first-order valence-corrected chi connectivity index (χ1v) is 32.9. The summed E-state index contributed by atoms with van der Waals surface area (Å²) in [4.78, 5) is 2.58. The molecular formula is C88H67NO3. The zero-order chi connectivity index (χ0) is 62.2. The van der Waals surface area contributed by atoms with E-state index >= 15 is 0 Å². The van der Waals surface area contributed by atoms with Gasteiger partial charge in [-0.25, -0.2) is 0 Å². The second-order valence-electron chi connectivity index (χ2n) is 29.9. The minimum Gasteiger partial charge on any atom is -0.455 e. The summed E-state index contributed by atoms with van der Waals surface area (Å²) in [6.07, 6.45) is 0. The number of furan rings is 3. The predicted octanol–water partition coefficient (Wildman–Crippen LogP) is 24.4. The Balaban J connectivity index is 0.839. The Morgan fingerprint density at radius 1 is 0.272 bits per heavy atom. The number of hydrogen-bond acceptors (Lipinski definition) is 4. The number of benzene rings is 12. The average molecular weight is 1190 g/mol. The van der Waals surface area contributed by atoms with Gasteiger partial charge in [0, 0.05) is 93.1 Å². The maximum Gasteiger partial charge on any atom is 0.144 e. The second-order valence-corrected chi connectivity index (χ2v) is 29.9. The number of aryl methyl sites for hydroxylation is 1. The van der Waals surface area contributed by atoms with E-state index in [0.717, 1.165) is 77.8 Å². The molecular weight excluding hydrogens is 1120 g/mol. The van der Waals surface area contributed by atoms with E-state index in [2.05, 4.69) is 287 Å². The van der Waals surface area contributed by atoms with Crippen molar-refractivity contribution in [3.05, 3.63) is 267 Å². The lowest BCUT2D eigenvalue weighted by Gasteiger charge is -2.33. The van der Waals surface area contributed by atoms with Gasteiger partial charge in [-0.15, -0.1) is 0 Å². The van der Waals surface area contributed by atoms with Crippen LogP contribution in [0.25, 0.3) is 133 Å². The van der Waals surface area contributed by atoms with Gasteiger partial charge >= 0.3 is 0 Å². The van der Waals surface area contributed by atoms with Crippen LogP contribution in [-0.4, -0.2) is 0 Å². The molecule has 0 saturated carbocycles. The normalized spacial score (nSPS) is 16.4. The van der Waals surface area contributed by atoms with Crippen molar-refractivity contribution in [3.8, 4) is 66.8 Å². The zero-order valence-electron chi connectivity index (χ0n) is 53.8. The SMILES string of the molecule is Cc1ccc(-c2cc3c(c4c2oc2ccccc24)-c2ccc(N(c4ccc5c(c4)C(C)(C)c4c6c(c7oc8ccccc8c7c4-5)-c4ccccc4C6(C)C)c4ccc5c(c4)C(C)(C)c4c6c(c7oc8ccccc8c7c4-5)-c4ccccc4C6(C)C)cc2C3(C)C)cc1. The van der Waals surface area contributed by atoms with Gasteiger partial charge in [0.05, 0.1) is 0 Å². The molecule has 0 amide bonds. The van der Waals surface area contributed by atoms with Crippen LogP contribution in [0.4, 0.5) is 17.1 Å². The van der Waals surface area contributed by atoms with Crippen molar-refractivity contribution >= 4 is 82.9 Å². The van der Waals surface area contributed by atoms with Crippen LogP contribution in [0, 0.1) is 6.92 Å². The first kappa shape index (κ1) is 52.6. The smallest absolute Gasteiger partial charge is 0.144 e. The first-order chi connectivity index (χ1) is 44.3. The lowest BCUT2D eigenvalue weighted by atomic mass is 9.72. The standard InChI is InChI=1S/C88H67NO3/c1-46-32-34-47(35-33-46)59-45-65-69(72-56-24-14-19-29-66(56)90-81(59)72)53-39-36-48(42-62(53)84(65,2)3)89(49-37-40-54-63(43-49)87(8,9)77-70(54)73-57-25-15-20-30-67(57)91-82(73)75-51-22-12-17-27-60(51)85(4,5)79(75)77)50-38-41-55-64(44-50)88(10,11)78-71(55)74-58-26-16-21-31-68(58)92-83(74)76-52-23-13-18-28-61(52)86(6,7)80(76)78/h12-45H,1-11H3. The highest BCUT2D eigenvalue weighted by Gasteiger charge is 2.51.